The zero-order valence-corrected chi connectivity index (χ0v) is 20.7. The second-order valence-electron chi connectivity index (χ2n) is 8.58. The van der Waals surface area contributed by atoms with E-state index in [1.54, 1.807) is 60.7 Å². The summed E-state index contributed by atoms with van der Waals surface area (Å²) in [5, 5.41) is 0.259. The van der Waals surface area contributed by atoms with Gasteiger partial charge in [0.05, 0.1) is 22.5 Å². The van der Waals surface area contributed by atoms with Gasteiger partial charge in [-0.3, -0.25) is 0 Å². The third-order valence-electron chi connectivity index (χ3n) is 6.72. The minimum atomic E-state index is -5.74. The molecule has 2 heterocycles. The van der Waals surface area contributed by atoms with Crippen molar-refractivity contribution in [3.63, 3.8) is 0 Å². The van der Waals surface area contributed by atoms with Gasteiger partial charge in [-0.05, 0) is 0 Å². The van der Waals surface area contributed by atoms with Crippen molar-refractivity contribution in [3.05, 3.63) is 94.3 Å². The fraction of sp³-hybridized carbons (Fsp3) is 0.280. The number of rotatable bonds is 4. The van der Waals surface area contributed by atoms with Gasteiger partial charge in [-0.2, -0.15) is 26.3 Å². The maximum absolute atomic E-state index is 15.4. The van der Waals surface area contributed by atoms with Gasteiger partial charge in [0.1, 0.15) is 10.1 Å². The Bertz CT molecular complexity index is 1330. The molecule has 4 aliphatic rings. The van der Waals surface area contributed by atoms with E-state index in [9.17, 15) is 8.78 Å². The molecule has 192 valence electrons. The van der Waals surface area contributed by atoms with Crippen LogP contribution in [0.15, 0.2) is 93.2 Å². The van der Waals surface area contributed by atoms with Gasteiger partial charge in [0.2, 0.25) is 9.87 Å². The highest BCUT2D eigenvalue weighted by Crippen LogP contribution is 2.73. The van der Waals surface area contributed by atoms with Crippen molar-refractivity contribution in [1.82, 2.24) is 0 Å². The monoisotopic (exact) mass is 554 g/mol. The van der Waals surface area contributed by atoms with Crippen LogP contribution in [0.4, 0.5) is 26.3 Å². The van der Waals surface area contributed by atoms with Crippen molar-refractivity contribution in [3.8, 4) is 0 Å². The minimum Gasteiger partial charge on any atom is -0.357 e. The topological polar surface area (TPSA) is 43.2 Å². The maximum atomic E-state index is 15.4. The van der Waals surface area contributed by atoms with Gasteiger partial charge in [0, 0.05) is 25.3 Å². The number of ether oxygens (including phenoxy) is 2. The molecular weight excluding hydrogens is 538 g/mol. The normalized spacial score (nSPS) is 30.6. The summed E-state index contributed by atoms with van der Waals surface area (Å²) in [6.07, 6.45) is 0. The number of halogens is 6. The SMILES string of the molecule is COC12SC(c3ccccc3)=NC1=C1C(=C3N=C(c4ccccc4)SC32OC)C(F)(F)C(F)(F)C1(F)F. The van der Waals surface area contributed by atoms with Crippen LogP contribution in [0.1, 0.15) is 11.1 Å². The molecule has 37 heavy (non-hydrogen) atoms. The first-order valence-electron chi connectivity index (χ1n) is 10.9. The van der Waals surface area contributed by atoms with Crippen LogP contribution in [0, 0.1) is 0 Å². The summed E-state index contributed by atoms with van der Waals surface area (Å²) in [5.41, 5.74) is -3.70. The molecule has 2 atom stereocenters. The Hall–Kier alpha value is -2.54. The number of thioether (sulfide) groups is 2. The number of methoxy groups -OCH3 is 2. The van der Waals surface area contributed by atoms with E-state index in [0.717, 1.165) is 23.5 Å². The quantitative estimate of drug-likeness (QED) is 0.405. The molecule has 1 fully saturated rings. The molecule has 4 nitrogen and oxygen atoms in total. The number of fused-ring (bicyclic) bond motifs is 4. The van der Waals surface area contributed by atoms with Crippen LogP contribution in [0.5, 0.6) is 0 Å². The van der Waals surface area contributed by atoms with Gasteiger partial charge in [0.15, 0.2) is 0 Å². The third kappa shape index (κ3) is 2.82. The molecule has 2 aliphatic heterocycles. The lowest BCUT2D eigenvalue weighted by Crippen LogP contribution is -2.55. The van der Waals surface area contributed by atoms with Crippen LogP contribution >= 0.6 is 23.5 Å². The van der Waals surface area contributed by atoms with E-state index in [1.807, 2.05) is 0 Å². The summed E-state index contributed by atoms with van der Waals surface area (Å²) in [7, 11) is 2.34. The molecule has 1 saturated carbocycles. The summed E-state index contributed by atoms with van der Waals surface area (Å²) < 4.78 is 103. The highest BCUT2D eigenvalue weighted by Gasteiger charge is 2.86. The number of aliphatic imine (C=N–C) groups is 2. The average Bonchev–Trinajstić information content (AvgIpc) is 3.51. The van der Waals surface area contributed by atoms with Gasteiger partial charge in [-0.15, -0.1) is 0 Å². The molecule has 6 rings (SSSR count). The van der Waals surface area contributed by atoms with Crippen LogP contribution in [-0.4, -0.2) is 51.9 Å². The van der Waals surface area contributed by atoms with Gasteiger partial charge >= 0.3 is 17.8 Å². The first-order valence-corrected chi connectivity index (χ1v) is 12.5. The molecule has 2 unspecified atom stereocenters. The van der Waals surface area contributed by atoms with Crippen LogP contribution in [0.3, 0.4) is 0 Å². The summed E-state index contributed by atoms with van der Waals surface area (Å²) in [6.45, 7) is 0. The summed E-state index contributed by atoms with van der Waals surface area (Å²) in [6, 6.07) is 16.7. The van der Waals surface area contributed by atoms with Crippen molar-refractivity contribution in [2.24, 2.45) is 9.98 Å². The largest absolute Gasteiger partial charge is 0.380 e. The van der Waals surface area contributed by atoms with E-state index in [-0.39, 0.29) is 10.1 Å². The van der Waals surface area contributed by atoms with Crippen LogP contribution in [0.25, 0.3) is 0 Å². The Kier molecular flexibility index (Phi) is 5.19. The van der Waals surface area contributed by atoms with E-state index in [4.69, 9.17) is 9.47 Å². The van der Waals surface area contributed by atoms with Crippen molar-refractivity contribution in [2.75, 3.05) is 14.2 Å². The van der Waals surface area contributed by atoms with Gasteiger partial charge in [-0.1, -0.05) is 84.2 Å². The van der Waals surface area contributed by atoms with E-state index >= 15 is 17.6 Å². The molecule has 0 saturated heterocycles. The molecule has 12 heteroatoms. The van der Waals surface area contributed by atoms with Crippen molar-refractivity contribution in [2.45, 2.75) is 27.6 Å². The number of hydrogen-bond acceptors (Lipinski definition) is 6. The first-order chi connectivity index (χ1) is 17.5. The Morgan fingerprint density at radius 3 is 1.27 bits per heavy atom. The Morgan fingerprint density at radius 1 is 0.595 bits per heavy atom. The molecule has 0 bridgehead atoms. The molecule has 2 aromatic rings. The molecule has 2 aliphatic carbocycles. The Balaban J connectivity index is 1.72. The highest BCUT2D eigenvalue weighted by atomic mass is 32.2. The van der Waals surface area contributed by atoms with Crippen LogP contribution in [-0.2, 0) is 9.47 Å². The maximum Gasteiger partial charge on any atom is 0.380 e. The predicted molar refractivity (Wildman–Crippen MR) is 130 cm³/mol. The molecule has 2 aromatic carbocycles. The molecule has 0 radical (unpaired) electrons. The van der Waals surface area contributed by atoms with Gasteiger partial charge < -0.3 is 9.47 Å². The molecular formula is C25H16F6N2O2S2. The standard InChI is InChI=1S/C25H16F6N2O2S2/c1-34-23-17(32-19(36-23)13-9-5-3-6-10-13)15-16(22(28,29)25(30,31)21(15,26)27)18-24(23,35-2)37-20(33-18)14-11-7-4-8-12-14/h3-12H,1-2H3. The predicted octanol–water partition coefficient (Wildman–Crippen LogP) is 6.50. The summed E-state index contributed by atoms with van der Waals surface area (Å²) >= 11 is 1.67. The lowest BCUT2D eigenvalue weighted by molar-refractivity contribution is -0.258. The molecule has 0 amide bonds. The van der Waals surface area contributed by atoms with Gasteiger partial charge in [0.25, 0.3) is 0 Å². The molecule has 0 N–H and O–H groups in total. The van der Waals surface area contributed by atoms with Crippen LogP contribution in [0.2, 0.25) is 0 Å². The smallest absolute Gasteiger partial charge is 0.357 e. The van der Waals surface area contributed by atoms with Crippen LogP contribution < -0.4 is 0 Å². The van der Waals surface area contributed by atoms with E-state index in [2.05, 4.69) is 9.98 Å². The third-order valence-corrected chi connectivity index (χ3v) is 9.76. The second kappa shape index (κ2) is 7.75. The van der Waals surface area contributed by atoms with Crippen molar-refractivity contribution in [1.29, 1.82) is 0 Å². The number of nitrogens with zero attached hydrogens (tertiary/aromatic N) is 2. The number of allylic oxidation sites excluding steroid dienone is 2. The summed E-state index contributed by atoms with van der Waals surface area (Å²) in [4.78, 5) is 4.43. The zero-order valence-electron chi connectivity index (χ0n) is 19.1. The number of hydrogen-bond donors (Lipinski definition) is 0. The lowest BCUT2D eigenvalue weighted by Gasteiger charge is -2.46. The van der Waals surface area contributed by atoms with Gasteiger partial charge in [-0.25, -0.2) is 9.98 Å². The second-order valence-corrected chi connectivity index (χ2v) is 10.9. The number of benzene rings is 2. The first kappa shape index (κ1) is 24.8. The van der Waals surface area contributed by atoms with Crippen molar-refractivity contribution >= 4 is 33.6 Å². The number of alkyl halides is 6. The lowest BCUT2D eigenvalue weighted by atomic mass is 9.87. The highest BCUT2D eigenvalue weighted by molar-refractivity contribution is 8.19. The van der Waals surface area contributed by atoms with Crippen molar-refractivity contribution < 1.29 is 35.8 Å². The molecule has 0 spiro atoms. The average molecular weight is 555 g/mol. The fourth-order valence-corrected chi connectivity index (χ4v) is 7.83. The Morgan fingerprint density at radius 2 is 0.946 bits per heavy atom. The van der Waals surface area contributed by atoms with E-state index in [0.29, 0.717) is 11.1 Å². The zero-order chi connectivity index (χ0) is 26.4. The Labute approximate surface area is 215 Å². The molecule has 0 aromatic heterocycles. The summed E-state index contributed by atoms with van der Waals surface area (Å²) in [5.74, 6) is -16.3. The van der Waals surface area contributed by atoms with E-state index in [1.165, 1.54) is 14.2 Å². The minimum absolute atomic E-state index is 0.130. The fourth-order valence-electron chi connectivity index (χ4n) is 4.97. The van der Waals surface area contributed by atoms with E-state index < -0.39 is 50.2 Å².